The second kappa shape index (κ2) is 9.05. The van der Waals surface area contributed by atoms with Crippen LogP contribution in [0.1, 0.15) is 49.3 Å². The summed E-state index contributed by atoms with van der Waals surface area (Å²) in [5.74, 6) is 0.105. The first kappa shape index (κ1) is 22.3. The minimum absolute atomic E-state index is 0.0225. The molecule has 178 valence electrons. The number of carbonyl (C=O) groups excluding carboxylic acids is 2. The molecule has 34 heavy (non-hydrogen) atoms. The van der Waals surface area contributed by atoms with E-state index in [2.05, 4.69) is 4.90 Å². The molecule has 0 aromatic heterocycles. The van der Waals surface area contributed by atoms with Gasteiger partial charge in [-0.2, -0.15) is 0 Å². The molecule has 7 heteroatoms. The Hall–Kier alpha value is -3.48. The zero-order valence-corrected chi connectivity index (χ0v) is 19.6. The summed E-state index contributed by atoms with van der Waals surface area (Å²) < 4.78 is 11.0. The molecule has 1 N–H and O–H groups in total. The maximum Gasteiger partial charge on any atom is 0.295 e. The first-order valence-corrected chi connectivity index (χ1v) is 11.9. The van der Waals surface area contributed by atoms with Crippen molar-refractivity contribution in [3.63, 3.8) is 0 Å². The van der Waals surface area contributed by atoms with Gasteiger partial charge in [0, 0.05) is 18.7 Å². The summed E-state index contributed by atoms with van der Waals surface area (Å²) in [4.78, 5) is 30.4. The lowest BCUT2D eigenvalue weighted by Crippen LogP contribution is -2.40. The normalized spacial score (nSPS) is 22.5. The zero-order chi connectivity index (χ0) is 23.8. The van der Waals surface area contributed by atoms with E-state index in [0.29, 0.717) is 17.9 Å². The lowest BCUT2D eigenvalue weighted by Gasteiger charge is -2.35. The number of likely N-dealkylation sites (tertiary alicyclic amines) is 1. The summed E-state index contributed by atoms with van der Waals surface area (Å²) in [6.07, 6.45) is 4.92. The fourth-order valence-corrected chi connectivity index (χ4v) is 5.35. The molecule has 0 bridgehead atoms. The van der Waals surface area contributed by atoms with Crippen LogP contribution in [0, 0.1) is 0 Å². The Morgan fingerprint density at radius 3 is 2.50 bits per heavy atom. The summed E-state index contributed by atoms with van der Waals surface area (Å²) in [5.41, 5.74) is 2.26. The molecule has 1 atom stereocenters. The van der Waals surface area contributed by atoms with Gasteiger partial charge < -0.3 is 24.4 Å². The molecule has 0 spiro atoms. The molecule has 2 aromatic carbocycles. The van der Waals surface area contributed by atoms with E-state index in [0.717, 1.165) is 55.6 Å². The summed E-state index contributed by atoms with van der Waals surface area (Å²) in [5, 5.41) is 11.4. The van der Waals surface area contributed by atoms with Crippen molar-refractivity contribution in [3.05, 3.63) is 59.2 Å². The Labute approximate surface area is 199 Å². The number of rotatable bonds is 4. The van der Waals surface area contributed by atoms with Crippen molar-refractivity contribution in [1.82, 2.24) is 4.90 Å². The predicted molar refractivity (Wildman–Crippen MR) is 129 cm³/mol. The lowest BCUT2D eigenvalue weighted by atomic mass is 9.91. The van der Waals surface area contributed by atoms with E-state index in [1.54, 1.807) is 24.1 Å². The van der Waals surface area contributed by atoms with E-state index in [-0.39, 0.29) is 17.4 Å². The third kappa shape index (κ3) is 3.79. The predicted octanol–water partition coefficient (Wildman–Crippen LogP) is 4.28. The Bertz CT molecular complexity index is 1130. The van der Waals surface area contributed by atoms with E-state index < -0.39 is 17.7 Å². The first-order valence-electron chi connectivity index (χ1n) is 11.9. The average Bonchev–Trinajstić information content (AvgIpc) is 3.14. The van der Waals surface area contributed by atoms with Crippen LogP contribution in [0.2, 0.25) is 0 Å². The van der Waals surface area contributed by atoms with E-state index in [4.69, 9.17) is 9.47 Å². The van der Waals surface area contributed by atoms with Gasteiger partial charge in [0.1, 0.15) is 23.9 Å². The molecule has 5 rings (SSSR count). The highest BCUT2D eigenvalue weighted by Gasteiger charge is 2.48. The van der Waals surface area contributed by atoms with Gasteiger partial charge in [0.15, 0.2) is 0 Å². The van der Waals surface area contributed by atoms with Crippen molar-refractivity contribution in [1.29, 1.82) is 0 Å². The number of fused-ring (bicyclic) bond motifs is 1. The number of hydrogen-bond acceptors (Lipinski definition) is 6. The highest BCUT2D eigenvalue weighted by molar-refractivity contribution is 6.46. The largest absolute Gasteiger partial charge is 0.507 e. The number of aliphatic hydroxyl groups excluding tert-OH is 1. The Balaban J connectivity index is 1.63. The average molecular weight is 463 g/mol. The number of Topliss-reactive ketones (excluding diaryl/α,β-unsaturated/α-hetero) is 1. The SMILES string of the molecule is COc1ccc(C2/C(=C(/O)c3ccc4c(c3)N(C)CCO4)C(=O)C(=O)N2C2CCCCC2)cc1. The molecule has 3 aliphatic rings. The number of methoxy groups -OCH3 is 1. The van der Waals surface area contributed by atoms with E-state index >= 15 is 0 Å². The number of benzene rings is 2. The van der Waals surface area contributed by atoms with Gasteiger partial charge in [0.25, 0.3) is 11.7 Å². The van der Waals surface area contributed by atoms with Gasteiger partial charge in [-0.25, -0.2) is 0 Å². The van der Waals surface area contributed by atoms with Crippen LogP contribution in [-0.2, 0) is 9.59 Å². The number of anilines is 1. The summed E-state index contributed by atoms with van der Waals surface area (Å²) >= 11 is 0. The molecule has 1 saturated heterocycles. The van der Waals surface area contributed by atoms with E-state index in [1.165, 1.54) is 0 Å². The topological polar surface area (TPSA) is 79.3 Å². The molecular formula is C27H30N2O5. The van der Waals surface area contributed by atoms with Crippen LogP contribution in [0.4, 0.5) is 5.69 Å². The van der Waals surface area contributed by atoms with Gasteiger partial charge in [-0.1, -0.05) is 31.4 Å². The standard InChI is InChI=1S/C27H30N2O5/c1-28-14-15-34-22-13-10-18(16-21(22)28)25(30)23-24(17-8-11-20(33-2)12-9-17)29(27(32)26(23)31)19-6-4-3-5-7-19/h8-13,16,19,24,30H,3-7,14-15H2,1-2H3/b25-23-. The molecule has 1 saturated carbocycles. The Morgan fingerprint density at radius 1 is 1.06 bits per heavy atom. The van der Waals surface area contributed by atoms with Gasteiger partial charge in [0.2, 0.25) is 0 Å². The number of likely N-dealkylation sites (N-methyl/N-ethyl adjacent to an activating group) is 1. The highest BCUT2D eigenvalue weighted by atomic mass is 16.5. The molecule has 2 aromatic rings. The van der Waals surface area contributed by atoms with Gasteiger partial charge >= 0.3 is 0 Å². The quantitative estimate of drug-likeness (QED) is 0.415. The van der Waals surface area contributed by atoms with Crippen molar-refractivity contribution >= 4 is 23.1 Å². The minimum Gasteiger partial charge on any atom is -0.507 e. The number of ether oxygens (including phenoxy) is 2. The van der Waals surface area contributed by atoms with E-state index in [1.807, 2.05) is 37.4 Å². The van der Waals surface area contributed by atoms with Crippen molar-refractivity contribution in [2.24, 2.45) is 0 Å². The smallest absolute Gasteiger partial charge is 0.295 e. The van der Waals surface area contributed by atoms with Crippen LogP contribution in [0.15, 0.2) is 48.0 Å². The molecule has 1 aliphatic carbocycles. The number of hydrogen-bond donors (Lipinski definition) is 1. The van der Waals surface area contributed by atoms with Crippen LogP contribution >= 0.6 is 0 Å². The molecular weight excluding hydrogens is 432 g/mol. The summed E-state index contributed by atoms with van der Waals surface area (Å²) in [7, 11) is 3.56. The van der Waals surface area contributed by atoms with Crippen molar-refractivity contribution in [2.45, 2.75) is 44.2 Å². The monoisotopic (exact) mass is 462 g/mol. The van der Waals surface area contributed by atoms with Gasteiger partial charge in [-0.05, 0) is 48.7 Å². The van der Waals surface area contributed by atoms with E-state index in [9.17, 15) is 14.7 Å². The fraction of sp³-hybridized carbons (Fsp3) is 0.407. The van der Waals surface area contributed by atoms with Gasteiger partial charge in [-0.15, -0.1) is 0 Å². The molecule has 0 radical (unpaired) electrons. The van der Waals surface area contributed by atoms with Crippen LogP contribution in [0.3, 0.4) is 0 Å². The van der Waals surface area contributed by atoms with Gasteiger partial charge in [0.05, 0.1) is 31.0 Å². The van der Waals surface area contributed by atoms with Crippen molar-refractivity contribution in [3.8, 4) is 11.5 Å². The second-order valence-corrected chi connectivity index (χ2v) is 9.22. The molecule has 2 fully saturated rings. The Morgan fingerprint density at radius 2 is 1.79 bits per heavy atom. The maximum atomic E-state index is 13.4. The van der Waals surface area contributed by atoms with Crippen LogP contribution < -0.4 is 14.4 Å². The third-order valence-electron chi connectivity index (χ3n) is 7.21. The molecule has 1 amide bonds. The number of nitrogens with zero attached hydrogens (tertiary/aromatic N) is 2. The number of amides is 1. The number of aliphatic hydroxyl groups is 1. The lowest BCUT2D eigenvalue weighted by molar-refractivity contribution is -0.141. The van der Waals surface area contributed by atoms with Crippen molar-refractivity contribution in [2.75, 3.05) is 32.2 Å². The van der Waals surface area contributed by atoms with Crippen LogP contribution in [-0.4, -0.2) is 55.0 Å². The van der Waals surface area contributed by atoms with Gasteiger partial charge in [-0.3, -0.25) is 9.59 Å². The second-order valence-electron chi connectivity index (χ2n) is 9.22. The summed E-state index contributed by atoms with van der Waals surface area (Å²) in [6, 6.07) is 12.1. The number of carbonyl (C=O) groups is 2. The van der Waals surface area contributed by atoms with Crippen LogP contribution in [0.25, 0.3) is 5.76 Å². The first-order chi connectivity index (χ1) is 16.5. The third-order valence-corrected chi connectivity index (χ3v) is 7.21. The fourth-order valence-electron chi connectivity index (χ4n) is 5.35. The van der Waals surface area contributed by atoms with Crippen LogP contribution in [0.5, 0.6) is 11.5 Å². The zero-order valence-electron chi connectivity index (χ0n) is 19.6. The molecule has 7 nitrogen and oxygen atoms in total. The highest BCUT2D eigenvalue weighted by Crippen LogP contribution is 2.44. The minimum atomic E-state index is -0.640. The Kier molecular flexibility index (Phi) is 5.94. The maximum absolute atomic E-state index is 13.4. The number of ketones is 1. The van der Waals surface area contributed by atoms with Crippen molar-refractivity contribution < 1.29 is 24.2 Å². The molecule has 1 unspecified atom stereocenters. The molecule has 2 heterocycles. The molecule has 2 aliphatic heterocycles. The summed E-state index contributed by atoms with van der Waals surface area (Å²) in [6.45, 7) is 1.33.